The number of anilines is 7. The predicted octanol–water partition coefficient (Wildman–Crippen LogP) is 8.65. The third-order valence-corrected chi connectivity index (χ3v) is 12.7. The number of nitro groups is 1. The highest BCUT2D eigenvalue weighted by atomic mass is 16.6. The Morgan fingerprint density at radius 3 is 1.53 bits per heavy atom. The van der Waals surface area contributed by atoms with Gasteiger partial charge in [0.05, 0.1) is 76.4 Å². The molecule has 0 amide bonds. The summed E-state index contributed by atoms with van der Waals surface area (Å²) < 4.78 is 15.5. The van der Waals surface area contributed by atoms with Crippen LogP contribution in [0.2, 0.25) is 0 Å². The minimum absolute atomic E-state index is 0.0325. The van der Waals surface area contributed by atoms with Crippen molar-refractivity contribution >= 4 is 67.8 Å². The Hall–Kier alpha value is -8.10. The summed E-state index contributed by atoms with van der Waals surface area (Å²) in [7, 11) is 15.1. The van der Waals surface area contributed by atoms with Crippen LogP contribution < -0.4 is 35.6 Å². The SMILES string of the molecule is COc1cc(N(C)CCN(C)C)c(N)cc1Nc1nccc(-c2nn(C3CC3)c3ccccc23)n1.COc1cc(N(C)CCN(C)C)c([N+](=O)[O-])cc1Nc1nccc(-c2nn(C3CC3)c3ccccc23)n1. The molecule has 4 N–H and O–H groups in total. The van der Waals surface area contributed by atoms with E-state index in [9.17, 15) is 10.1 Å². The second-order valence-corrected chi connectivity index (χ2v) is 18.7. The maximum absolute atomic E-state index is 12.0. The van der Waals surface area contributed by atoms with E-state index in [2.05, 4.69) is 78.1 Å². The molecule has 0 spiro atoms. The standard InChI is InChI=1S/C26H30N8O3.C26H32N8O/c1-31(2)13-14-32(3)22-16-24(37-4)20(15-23(22)34(35)36)29-26-27-12-11-19(28-26)25-18-7-5-6-8-21(18)33(30-25)17-9-10-17;1-32(2)13-14-33(3)23-16-24(35-4)21(15-19(23)27)30-26-28-12-11-20(29-26)25-18-7-5-6-8-22(18)34(31-25)17-9-10-17/h5-8,11-12,15-17H,9-10,13-14H2,1-4H3,(H,27,28,29);5-8,11-12,15-17H,9-10,13-14,27H2,1-4H3,(H,28,29,30). The van der Waals surface area contributed by atoms with E-state index in [1.807, 2.05) is 86.5 Å². The first-order valence-corrected chi connectivity index (χ1v) is 24.0. The van der Waals surface area contributed by atoms with Gasteiger partial charge in [0.25, 0.3) is 5.69 Å². The summed E-state index contributed by atoms with van der Waals surface area (Å²) in [6.45, 7) is 3.14. The average Bonchev–Trinajstić information content (AvgIpc) is 4.33. The van der Waals surface area contributed by atoms with Crippen molar-refractivity contribution in [1.29, 1.82) is 0 Å². The van der Waals surface area contributed by atoms with Gasteiger partial charge in [0.2, 0.25) is 11.9 Å². The topological polar surface area (TPSA) is 212 Å². The van der Waals surface area contributed by atoms with Gasteiger partial charge in [-0.15, -0.1) is 0 Å². The van der Waals surface area contributed by atoms with Crippen molar-refractivity contribution in [2.75, 3.05) is 109 Å². The molecule has 2 aliphatic rings. The molecule has 72 heavy (non-hydrogen) atoms. The molecule has 0 atom stereocenters. The summed E-state index contributed by atoms with van der Waals surface area (Å²) in [6.07, 6.45) is 7.99. The number of fused-ring (bicyclic) bond motifs is 2. The maximum atomic E-state index is 12.0. The zero-order chi connectivity index (χ0) is 50.6. The Morgan fingerprint density at radius 2 is 1.08 bits per heavy atom. The number of hydrogen-bond acceptors (Lipinski definition) is 17. The molecule has 4 heterocycles. The van der Waals surface area contributed by atoms with Crippen molar-refractivity contribution in [3.8, 4) is 34.3 Å². The highest BCUT2D eigenvalue weighted by molar-refractivity contribution is 5.94. The van der Waals surface area contributed by atoms with E-state index in [0.29, 0.717) is 70.5 Å². The molecule has 2 saturated carbocycles. The van der Waals surface area contributed by atoms with Crippen LogP contribution in [0.1, 0.15) is 37.8 Å². The lowest BCUT2D eigenvalue weighted by Crippen LogP contribution is -2.29. The van der Waals surface area contributed by atoms with Gasteiger partial charge in [0.1, 0.15) is 28.6 Å². The number of nitrogens with zero attached hydrogens (tertiary/aromatic N) is 13. The number of nitro benzene ring substituents is 1. The number of para-hydroxylation sites is 2. The number of nitrogens with one attached hydrogen (secondary N) is 2. The monoisotopic (exact) mass is 975 g/mol. The lowest BCUT2D eigenvalue weighted by atomic mass is 10.1. The number of rotatable bonds is 19. The second kappa shape index (κ2) is 21.1. The van der Waals surface area contributed by atoms with Gasteiger partial charge in [-0.3, -0.25) is 19.5 Å². The van der Waals surface area contributed by atoms with Crippen LogP contribution in [0.4, 0.5) is 46.0 Å². The third kappa shape index (κ3) is 10.8. The van der Waals surface area contributed by atoms with Crippen LogP contribution in [0.15, 0.2) is 97.3 Å². The number of ether oxygens (including phenoxy) is 2. The molecule has 0 radical (unpaired) electrons. The van der Waals surface area contributed by atoms with E-state index < -0.39 is 0 Å². The molecule has 8 aromatic rings. The van der Waals surface area contributed by atoms with Crippen molar-refractivity contribution in [2.45, 2.75) is 37.8 Å². The first kappa shape index (κ1) is 48.9. The summed E-state index contributed by atoms with van der Waals surface area (Å²) in [5, 5.41) is 30.3. The molecule has 374 valence electrons. The van der Waals surface area contributed by atoms with Gasteiger partial charge in [0, 0.05) is 81.6 Å². The van der Waals surface area contributed by atoms with Crippen LogP contribution in [-0.4, -0.2) is 137 Å². The van der Waals surface area contributed by atoms with Gasteiger partial charge < -0.3 is 45.4 Å². The van der Waals surface area contributed by atoms with Crippen molar-refractivity contribution in [3.05, 3.63) is 107 Å². The quantitative estimate of drug-likeness (QED) is 0.0393. The van der Waals surface area contributed by atoms with Gasteiger partial charge >= 0.3 is 0 Å². The number of nitrogens with two attached hydrogens (primary N) is 1. The lowest BCUT2D eigenvalue weighted by Gasteiger charge is -2.24. The molecule has 0 bridgehead atoms. The van der Waals surface area contributed by atoms with E-state index >= 15 is 0 Å². The molecule has 4 aromatic carbocycles. The number of nitrogen functional groups attached to an aromatic ring is 1. The van der Waals surface area contributed by atoms with Gasteiger partial charge in [0.15, 0.2) is 0 Å². The molecule has 20 heteroatoms. The largest absolute Gasteiger partial charge is 0.494 e. The fraction of sp³-hybridized carbons (Fsp3) is 0.346. The third-order valence-electron chi connectivity index (χ3n) is 12.7. The molecule has 2 fully saturated rings. The van der Waals surface area contributed by atoms with Crippen molar-refractivity contribution in [2.24, 2.45) is 0 Å². The number of likely N-dealkylation sites (N-methyl/N-ethyl adjacent to an activating group) is 4. The van der Waals surface area contributed by atoms with Crippen LogP contribution in [0.25, 0.3) is 44.6 Å². The fourth-order valence-corrected chi connectivity index (χ4v) is 8.49. The number of benzene rings is 4. The minimum Gasteiger partial charge on any atom is -0.494 e. The van der Waals surface area contributed by atoms with Crippen molar-refractivity contribution < 1.29 is 14.4 Å². The van der Waals surface area contributed by atoms with E-state index in [0.717, 1.165) is 77.1 Å². The first-order chi connectivity index (χ1) is 34.8. The zero-order valence-corrected chi connectivity index (χ0v) is 42.1. The van der Waals surface area contributed by atoms with E-state index in [1.54, 1.807) is 25.6 Å². The molecule has 2 aliphatic carbocycles. The fourth-order valence-electron chi connectivity index (χ4n) is 8.49. The van der Waals surface area contributed by atoms with E-state index in [4.69, 9.17) is 35.4 Å². The summed E-state index contributed by atoms with van der Waals surface area (Å²) in [5.74, 6) is 1.88. The highest BCUT2D eigenvalue weighted by Gasteiger charge is 2.30. The van der Waals surface area contributed by atoms with Gasteiger partial charge in [-0.2, -0.15) is 10.2 Å². The lowest BCUT2D eigenvalue weighted by molar-refractivity contribution is -0.384. The van der Waals surface area contributed by atoms with Crippen LogP contribution in [-0.2, 0) is 0 Å². The second-order valence-electron chi connectivity index (χ2n) is 18.7. The number of hydrogen-bond donors (Lipinski definition) is 3. The van der Waals surface area contributed by atoms with Crippen molar-refractivity contribution in [1.82, 2.24) is 49.3 Å². The molecule has 0 aliphatic heterocycles. The molecule has 10 rings (SSSR count). The molecular formula is C52H62N16O4. The van der Waals surface area contributed by atoms with E-state index in [-0.39, 0.29) is 10.6 Å². The highest BCUT2D eigenvalue weighted by Crippen LogP contribution is 2.42. The minimum atomic E-state index is -0.389. The van der Waals surface area contributed by atoms with E-state index in [1.165, 1.54) is 26.0 Å². The van der Waals surface area contributed by atoms with Crippen LogP contribution in [0.5, 0.6) is 11.5 Å². The maximum Gasteiger partial charge on any atom is 0.294 e. The molecule has 20 nitrogen and oxygen atoms in total. The predicted molar refractivity (Wildman–Crippen MR) is 285 cm³/mol. The van der Waals surface area contributed by atoms with Gasteiger partial charge in [-0.05, 0) is 84.2 Å². The summed E-state index contributed by atoms with van der Waals surface area (Å²) >= 11 is 0. The average molecular weight is 975 g/mol. The zero-order valence-electron chi connectivity index (χ0n) is 42.1. The number of aromatic nitrogens is 8. The molecular weight excluding hydrogens is 913 g/mol. The Bertz CT molecular complexity index is 3220. The Morgan fingerprint density at radius 1 is 0.639 bits per heavy atom. The molecule has 0 saturated heterocycles. The summed E-state index contributed by atoms with van der Waals surface area (Å²) in [5.41, 5.74) is 14.9. The van der Waals surface area contributed by atoms with Gasteiger partial charge in [-0.25, -0.2) is 19.9 Å². The van der Waals surface area contributed by atoms with Crippen LogP contribution >= 0.6 is 0 Å². The van der Waals surface area contributed by atoms with Gasteiger partial charge in [-0.1, -0.05) is 36.4 Å². The first-order valence-electron chi connectivity index (χ1n) is 24.0. The summed E-state index contributed by atoms with van der Waals surface area (Å²) in [6, 6.07) is 28.0. The number of methoxy groups -OCH3 is 2. The molecule has 0 unspecified atom stereocenters. The Balaban J connectivity index is 0.000000178. The summed E-state index contributed by atoms with van der Waals surface area (Å²) in [4.78, 5) is 38.0. The van der Waals surface area contributed by atoms with Crippen molar-refractivity contribution in [3.63, 3.8) is 0 Å². The Labute approximate surface area is 418 Å². The van der Waals surface area contributed by atoms with Crippen LogP contribution in [0.3, 0.4) is 0 Å². The normalized spacial score (nSPS) is 13.3. The Kier molecular flexibility index (Phi) is 14.3. The van der Waals surface area contributed by atoms with Crippen LogP contribution in [0, 0.1) is 10.1 Å². The molecule has 4 aromatic heterocycles. The smallest absolute Gasteiger partial charge is 0.294 e.